The molecule has 0 radical (unpaired) electrons. The standard InChI is InChI=1S/C46H60ClF2N9O7/c1-4-5-6-7-8-16-46(48,49)31-11-12-32(35(47)27-31)42(60)56-36(15-17-50)45(63)58(3)40-30-10-14-39(65-23-20-53)34(26-30)33-24-29(9-13-38(33)64-22-19-52)25-37(43(61)54-21-18-51)57-41(59)28(2)55-44(40)62/h9-14,24,26-28,36-37,40H,4-8,15-17,19-23,25,50,52-53H2,1-3H3,(H,54,61)(H,55,62)(H,56,60)(H,57,59)/t28-,36-,37-,40-/m0/s1. The summed E-state index contributed by atoms with van der Waals surface area (Å²) in [6, 6.07) is 9.84. The molecule has 0 aromatic heterocycles. The van der Waals surface area contributed by atoms with E-state index in [2.05, 4.69) is 21.3 Å². The fourth-order valence-corrected chi connectivity index (χ4v) is 7.65. The van der Waals surface area contributed by atoms with Crippen molar-refractivity contribution < 1.29 is 42.2 Å². The molecule has 0 saturated heterocycles. The zero-order valence-electron chi connectivity index (χ0n) is 37.0. The zero-order chi connectivity index (χ0) is 47.7. The monoisotopic (exact) mass is 923 g/mol. The van der Waals surface area contributed by atoms with Crippen LogP contribution in [0.1, 0.15) is 91.9 Å². The van der Waals surface area contributed by atoms with Gasteiger partial charge in [0.1, 0.15) is 55.4 Å². The molecule has 4 bridgehead atoms. The number of likely N-dealkylation sites (N-methyl/N-ethyl adjacent to an activating group) is 1. The summed E-state index contributed by atoms with van der Waals surface area (Å²) in [4.78, 5) is 70.9. The molecule has 5 amide bonds. The summed E-state index contributed by atoms with van der Waals surface area (Å²) in [5.41, 5.74) is 18.7. The van der Waals surface area contributed by atoms with Crippen LogP contribution in [0.5, 0.6) is 11.5 Å². The molecule has 0 fully saturated rings. The van der Waals surface area contributed by atoms with Crippen molar-refractivity contribution in [3.05, 3.63) is 81.9 Å². The summed E-state index contributed by atoms with van der Waals surface area (Å²) in [5.74, 6) is -6.30. The summed E-state index contributed by atoms with van der Waals surface area (Å²) >= 11 is 6.44. The second kappa shape index (κ2) is 25.0. The van der Waals surface area contributed by atoms with E-state index >= 15 is 8.78 Å². The first kappa shape index (κ1) is 51.8. The molecule has 0 unspecified atom stereocenters. The summed E-state index contributed by atoms with van der Waals surface area (Å²) in [5, 5.41) is 19.3. The molecule has 3 aromatic carbocycles. The Labute approximate surface area is 383 Å². The Morgan fingerprint density at radius 3 is 2.22 bits per heavy atom. The van der Waals surface area contributed by atoms with Crippen LogP contribution >= 0.6 is 11.6 Å². The molecule has 1 aliphatic heterocycles. The fourth-order valence-electron chi connectivity index (χ4n) is 7.39. The predicted octanol–water partition coefficient (Wildman–Crippen LogP) is 3.97. The van der Waals surface area contributed by atoms with E-state index in [4.69, 9.17) is 43.5 Å². The van der Waals surface area contributed by atoms with Gasteiger partial charge < -0.3 is 52.8 Å². The molecule has 4 atom stereocenters. The van der Waals surface area contributed by atoms with Crippen LogP contribution in [0.25, 0.3) is 11.1 Å². The van der Waals surface area contributed by atoms with Gasteiger partial charge in [0.2, 0.25) is 23.6 Å². The van der Waals surface area contributed by atoms with Crippen LogP contribution < -0.4 is 47.9 Å². The van der Waals surface area contributed by atoms with E-state index in [1.165, 1.54) is 20.0 Å². The van der Waals surface area contributed by atoms with E-state index in [0.717, 1.165) is 36.3 Å². The van der Waals surface area contributed by atoms with Gasteiger partial charge in [-0.25, -0.2) is 8.78 Å². The molecule has 1 aliphatic rings. The number of rotatable bonds is 21. The maximum atomic E-state index is 15.2. The highest BCUT2D eigenvalue weighted by Gasteiger charge is 2.37. The smallest absolute Gasteiger partial charge is 0.273 e. The number of carbonyl (C=O) groups is 5. The van der Waals surface area contributed by atoms with Gasteiger partial charge in [-0.05, 0) is 73.8 Å². The number of amides is 5. The van der Waals surface area contributed by atoms with Crippen LogP contribution in [0.2, 0.25) is 5.02 Å². The third kappa shape index (κ3) is 14.1. The van der Waals surface area contributed by atoms with Crippen LogP contribution in [0.15, 0.2) is 54.6 Å². The molecule has 19 heteroatoms. The third-order valence-electron chi connectivity index (χ3n) is 10.8. The van der Waals surface area contributed by atoms with Crippen molar-refractivity contribution in [1.29, 1.82) is 5.26 Å². The van der Waals surface area contributed by atoms with E-state index < -0.39 is 59.6 Å². The first-order chi connectivity index (χ1) is 31.1. The fraction of sp³-hybridized carbons (Fsp3) is 0.478. The number of unbranched alkanes of at least 4 members (excludes halogenated alkanes) is 4. The van der Waals surface area contributed by atoms with Gasteiger partial charge in [0.15, 0.2) is 0 Å². The van der Waals surface area contributed by atoms with Crippen molar-refractivity contribution in [3.63, 3.8) is 0 Å². The topological polar surface area (TPSA) is 257 Å². The predicted molar refractivity (Wildman–Crippen MR) is 242 cm³/mol. The minimum Gasteiger partial charge on any atom is -0.492 e. The number of halogens is 3. The number of benzene rings is 3. The van der Waals surface area contributed by atoms with E-state index in [0.29, 0.717) is 41.0 Å². The van der Waals surface area contributed by atoms with Crippen LogP contribution in [-0.4, -0.2) is 99.0 Å². The van der Waals surface area contributed by atoms with Crippen molar-refractivity contribution in [3.8, 4) is 28.7 Å². The molecule has 0 saturated carbocycles. The first-order valence-electron chi connectivity index (χ1n) is 21.7. The van der Waals surface area contributed by atoms with Gasteiger partial charge in [-0.3, -0.25) is 24.0 Å². The molecule has 1 heterocycles. The van der Waals surface area contributed by atoms with Gasteiger partial charge in [-0.15, -0.1) is 0 Å². The van der Waals surface area contributed by atoms with E-state index in [1.54, 1.807) is 36.4 Å². The second-order valence-electron chi connectivity index (χ2n) is 15.8. The molecule has 4 rings (SSSR count). The Kier molecular flexibility index (Phi) is 19.9. The van der Waals surface area contributed by atoms with Gasteiger partial charge >= 0.3 is 0 Å². The lowest BCUT2D eigenvalue weighted by molar-refractivity contribution is -0.141. The minimum atomic E-state index is -3.18. The van der Waals surface area contributed by atoms with Crippen LogP contribution in [-0.2, 0) is 31.5 Å². The largest absolute Gasteiger partial charge is 0.492 e. The van der Waals surface area contributed by atoms with Crippen molar-refractivity contribution >= 4 is 41.1 Å². The number of nitrogens with two attached hydrogens (primary N) is 3. The average molecular weight is 924 g/mol. The van der Waals surface area contributed by atoms with Crippen molar-refractivity contribution in [2.24, 2.45) is 17.2 Å². The second-order valence-corrected chi connectivity index (χ2v) is 16.2. The molecule has 3 aromatic rings. The molecular formula is C46H60ClF2N9O7. The maximum Gasteiger partial charge on any atom is 0.273 e. The summed E-state index contributed by atoms with van der Waals surface area (Å²) < 4.78 is 42.4. The summed E-state index contributed by atoms with van der Waals surface area (Å²) in [7, 11) is 1.34. The Bertz CT molecular complexity index is 2190. The van der Waals surface area contributed by atoms with Crippen LogP contribution in [0.4, 0.5) is 8.78 Å². The van der Waals surface area contributed by atoms with Gasteiger partial charge in [0.25, 0.3) is 11.8 Å². The van der Waals surface area contributed by atoms with Gasteiger partial charge in [-0.1, -0.05) is 62.4 Å². The lowest BCUT2D eigenvalue weighted by Gasteiger charge is -2.32. The van der Waals surface area contributed by atoms with E-state index in [-0.39, 0.29) is 80.4 Å². The molecule has 0 aliphatic carbocycles. The van der Waals surface area contributed by atoms with Crippen molar-refractivity contribution in [2.45, 2.75) is 95.3 Å². The number of alkyl halides is 2. The third-order valence-corrected chi connectivity index (χ3v) is 11.2. The molecule has 352 valence electrons. The number of ether oxygens (including phenoxy) is 2. The Morgan fingerprint density at radius 1 is 0.923 bits per heavy atom. The maximum absolute atomic E-state index is 15.2. The van der Waals surface area contributed by atoms with Crippen molar-refractivity contribution in [1.82, 2.24) is 26.2 Å². The number of fused-ring (bicyclic) bond motifs is 5. The van der Waals surface area contributed by atoms with Crippen LogP contribution in [0.3, 0.4) is 0 Å². The minimum absolute atomic E-state index is 0.0261. The van der Waals surface area contributed by atoms with E-state index in [1.807, 2.05) is 13.0 Å². The Hall–Kier alpha value is -5.87. The highest BCUT2D eigenvalue weighted by Crippen LogP contribution is 2.40. The van der Waals surface area contributed by atoms with Crippen LogP contribution in [0, 0.1) is 11.3 Å². The van der Waals surface area contributed by atoms with Gasteiger partial charge in [0.05, 0.1) is 16.7 Å². The molecule has 0 spiro atoms. The highest BCUT2D eigenvalue weighted by molar-refractivity contribution is 6.34. The lowest BCUT2D eigenvalue weighted by atomic mass is 9.93. The van der Waals surface area contributed by atoms with Gasteiger partial charge in [0, 0.05) is 49.7 Å². The molecule has 10 N–H and O–H groups in total. The lowest BCUT2D eigenvalue weighted by Crippen LogP contribution is -2.56. The number of nitrogens with zero attached hydrogens (tertiary/aromatic N) is 2. The highest BCUT2D eigenvalue weighted by atomic mass is 35.5. The Morgan fingerprint density at radius 2 is 1.58 bits per heavy atom. The van der Waals surface area contributed by atoms with Gasteiger partial charge in [-0.2, -0.15) is 5.26 Å². The molecular weight excluding hydrogens is 864 g/mol. The van der Waals surface area contributed by atoms with Crippen molar-refractivity contribution in [2.75, 3.05) is 46.4 Å². The summed E-state index contributed by atoms with van der Waals surface area (Å²) in [6.45, 7) is 3.58. The first-order valence-corrected chi connectivity index (χ1v) is 22.1. The molecule has 65 heavy (non-hydrogen) atoms. The number of nitrogens with one attached hydrogen (secondary N) is 4. The number of hydrogen-bond donors (Lipinski definition) is 7. The average Bonchev–Trinajstić information content (AvgIpc) is 3.28. The summed E-state index contributed by atoms with van der Waals surface area (Å²) in [6.07, 6.45) is 3.29. The zero-order valence-corrected chi connectivity index (χ0v) is 37.8. The normalized spacial score (nSPS) is 16.8. The van der Waals surface area contributed by atoms with E-state index in [9.17, 15) is 24.0 Å². The number of carbonyl (C=O) groups excluding carboxylic acids is 5. The number of hydrogen-bond acceptors (Lipinski definition) is 11. The SMILES string of the molecule is CCCCCCCC(F)(F)c1ccc(C(=O)N[C@@H](CCN)C(=O)N(C)[C@@H]2C(=O)N[C@@H](C)C(=O)N[C@H](C(=O)NCC#N)Cc3ccc(OCCN)c(c3)-c3cc2ccc3OCCN)c(Cl)c1. The Balaban J connectivity index is 1.78. The number of nitriles is 1. The quantitative estimate of drug-likeness (QED) is 0.0595. The molecule has 16 nitrogen and oxygen atoms in total.